The first kappa shape index (κ1) is 16.8. The first-order valence-corrected chi connectivity index (χ1v) is 7.67. The molecule has 0 aliphatic rings. The van der Waals surface area contributed by atoms with E-state index in [2.05, 4.69) is 15.1 Å². The highest BCUT2D eigenvalue weighted by atomic mass is 16.6. The van der Waals surface area contributed by atoms with Crippen LogP contribution in [0.5, 0.6) is 0 Å². The second-order valence-electron chi connectivity index (χ2n) is 5.65. The number of hydrogen-bond acceptors (Lipinski definition) is 7. The molecule has 3 aromatic rings. The number of non-ortho nitro benzene ring substituents is 1. The van der Waals surface area contributed by atoms with Crippen molar-refractivity contribution in [3.63, 3.8) is 0 Å². The number of aromatic nitrogens is 4. The maximum Gasteiger partial charge on any atom is 0.269 e. The van der Waals surface area contributed by atoms with E-state index in [0.717, 1.165) is 17.1 Å². The highest BCUT2D eigenvalue weighted by Crippen LogP contribution is 2.27. The second kappa shape index (κ2) is 6.81. The van der Waals surface area contributed by atoms with Crippen molar-refractivity contribution in [2.45, 2.75) is 19.6 Å². The molecule has 0 radical (unpaired) electrons. The third kappa shape index (κ3) is 3.26. The summed E-state index contributed by atoms with van der Waals surface area (Å²) in [4.78, 5) is 21.1. The Morgan fingerprint density at radius 1 is 1.40 bits per heavy atom. The van der Waals surface area contributed by atoms with Crippen LogP contribution >= 0.6 is 0 Å². The fraction of sp³-hybridized carbons (Fsp3) is 0.312. The van der Waals surface area contributed by atoms with Crippen molar-refractivity contribution in [1.29, 1.82) is 0 Å². The van der Waals surface area contributed by atoms with Crippen molar-refractivity contribution in [3.05, 3.63) is 58.0 Å². The summed E-state index contributed by atoms with van der Waals surface area (Å²) >= 11 is 0. The lowest BCUT2D eigenvalue weighted by Crippen LogP contribution is -2.24. The summed E-state index contributed by atoms with van der Waals surface area (Å²) in [6.45, 7) is 2.33. The Morgan fingerprint density at radius 2 is 2.20 bits per heavy atom. The average Bonchev–Trinajstić information content (AvgIpc) is 3.08. The van der Waals surface area contributed by atoms with Crippen LogP contribution < -0.4 is 4.90 Å². The summed E-state index contributed by atoms with van der Waals surface area (Å²) < 4.78 is 6.79. The van der Waals surface area contributed by atoms with E-state index in [9.17, 15) is 10.1 Å². The molecule has 1 aromatic carbocycles. The van der Waals surface area contributed by atoms with Crippen LogP contribution in [0.25, 0.3) is 5.78 Å². The first-order valence-electron chi connectivity index (χ1n) is 7.67. The number of nitrogens with zero attached hydrogens (tertiary/aromatic N) is 6. The molecule has 0 saturated heterocycles. The summed E-state index contributed by atoms with van der Waals surface area (Å²) in [7, 11) is 3.50. The van der Waals surface area contributed by atoms with Crippen molar-refractivity contribution in [2.24, 2.45) is 0 Å². The molecule has 0 amide bonds. The zero-order valence-corrected chi connectivity index (χ0v) is 14.2. The summed E-state index contributed by atoms with van der Waals surface area (Å²) in [5.41, 5.74) is 1.63. The van der Waals surface area contributed by atoms with Gasteiger partial charge in [-0.25, -0.2) is 4.98 Å². The average molecular weight is 342 g/mol. The lowest BCUT2D eigenvalue weighted by Gasteiger charge is -2.27. The highest BCUT2D eigenvalue weighted by Gasteiger charge is 2.19. The number of nitro groups is 1. The number of methoxy groups -OCH3 is 1. The van der Waals surface area contributed by atoms with E-state index >= 15 is 0 Å². The van der Waals surface area contributed by atoms with Gasteiger partial charge in [0.15, 0.2) is 0 Å². The van der Waals surface area contributed by atoms with E-state index in [1.54, 1.807) is 23.8 Å². The Morgan fingerprint density at radius 3 is 2.92 bits per heavy atom. The van der Waals surface area contributed by atoms with Gasteiger partial charge in [0.25, 0.3) is 11.5 Å². The molecule has 3 rings (SSSR count). The smallest absolute Gasteiger partial charge is 0.269 e. The minimum atomic E-state index is -0.394. The van der Waals surface area contributed by atoms with Gasteiger partial charge in [-0.15, -0.1) is 0 Å². The van der Waals surface area contributed by atoms with Crippen LogP contribution in [0.2, 0.25) is 0 Å². The van der Waals surface area contributed by atoms with Crippen LogP contribution in [0.15, 0.2) is 36.7 Å². The zero-order valence-electron chi connectivity index (χ0n) is 14.2. The largest absolute Gasteiger partial charge is 0.378 e. The number of rotatable bonds is 6. The Hall–Kier alpha value is -3.07. The number of hydrogen-bond donors (Lipinski definition) is 0. The Labute approximate surface area is 144 Å². The third-order valence-corrected chi connectivity index (χ3v) is 4.08. The van der Waals surface area contributed by atoms with Crippen LogP contribution in [-0.4, -0.2) is 38.7 Å². The molecule has 0 fully saturated rings. The molecule has 130 valence electrons. The minimum absolute atomic E-state index is 0.0680. The van der Waals surface area contributed by atoms with E-state index in [1.807, 2.05) is 31.0 Å². The molecule has 2 aromatic heterocycles. The Balaban J connectivity index is 2.00. The molecule has 0 saturated carbocycles. The molecule has 0 unspecified atom stereocenters. The maximum atomic E-state index is 11.0. The predicted octanol–water partition coefficient (Wildman–Crippen LogP) is 2.38. The van der Waals surface area contributed by atoms with Crippen molar-refractivity contribution in [3.8, 4) is 0 Å². The Bertz CT molecular complexity index is 910. The number of fused-ring (bicyclic) bond motifs is 1. The van der Waals surface area contributed by atoms with Gasteiger partial charge in [-0.1, -0.05) is 12.1 Å². The molecule has 2 heterocycles. The highest BCUT2D eigenvalue weighted by molar-refractivity contribution is 5.49. The van der Waals surface area contributed by atoms with Crippen LogP contribution in [0.1, 0.15) is 24.2 Å². The van der Waals surface area contributed by atoms with Gasteiger partial charge in [-0.3, -0.25) is 10.1 Å². The van der Waals surface area contributed by atoms with Gasteiger partial charge in [-0.05, 0) is 12.5 Å². The molecular formula is C16H18N6O3. The van der Waals surface area contributed by atoms with Gasteiger partial charge in [-0.2, -0.15) is 14.6 Å². The summed E-state index contributed by atoms with van der Waals surface area (Å²) in [5, 5.41) is 15.2. The van der Waals surface area contributed by atoms with Gasteiger partial charge in [0, 0.05) is 32.4 Å². The lowest BCUT2D eigenvalue weighted by atomic mass is 10.1. The third-order valence-electron chi connectivity index (χ3n) is 4.08. The quantitative estimate of drug-likeness (QED) is 0.501. The zero-order chi connectivity index (χ0) is 18.0. The van der Waals surface area contributed by atoms with Crippen molar-refractivity contribution in [1.82, 2.24) is 19.6 Å². The normalized spacial score (nSPS) is 12.3. The van der Waals surface area contributed by atoms with Gasteiger partial charge >= 0.3 is 0 Å². The van der Waals surface area contributed by atoms with E-state index in [4.69, 9.17) is 4.74 Å². The van der Waals surface area contributed by atoms with Gasteiger partial charge in [0.05, 0.1) is 23.3 Å². The van der Waals surface area contributed by atoms with Crippen LogP contribution in [-0.2, 0) is 11.3 Å². The van der Waals surface area contributed by atoms with E-state index in [-0.39, 0.29) is 11.7 Å². The maximum absolute atomic E-state index is 11.0. The molecule has 0 bridgehead atoms. The molecule has 9 heteroatoms. The number of anilines is 1. The molecule has 0 aliphatic heterocycles. The van der Waals surface area contributed by atoms with E-state index in [0.29, 0.717) is 12.4 Å². The van der Waals surface area contributed by atoms with Crippen LogP contribution in [0.3, 0.4) is 0 Å². The number of benzene rings is 1. The van der Waals surface area contributed by atoms with Crippen LogP contribution in [0.4, 0.5) is 11.5 Å². The lowest BCUT2D eigenvalue weighted by molar-refractivity contribution is -0.384. The summed E-state index contributed by atoms with van der Waals surface area (Å²) in [6.07, 6.45) is 1.44. The fourth-order valence-corrected chi connectivity index (χ4v) is 2.64. The van der Waals surface area contributed by atoms with E-state index in [1.165, 1.54) is 12.4 Å². The second-order valence-corrected chi connectivity index (χ2v) is 5.65. The summed E-state index contributed by atoms with van der Waals surface area (Å²) in [5.74, 6) is 1.25. The van der Waals surface area contributed by atoms with E-state index < -0.39 is 4.92 Å². The molecule has 0 spiro atoms. The summed E-state index contributed by atoms with van der Waals surface area (Å²) in [6, 6.07) is 8.37. The van der Waals surface area contributed by atoms with Gasteiger partial charge < -0.3 is 9.64 Å². The monoisotopic (exact) mass is 342 g/mol. The van der Waals surface area contributed by atoms with Crippen molar-refractivity contribution < 1.29 is 9.66 Å². The topological polar surface area (TPSA) is 98.7 Å². The van der Waals surface area contributed by atoms with Gasteiger partial charge in [0.2, 0.25) is 0 Å². The Kier molecular flexibility index (Phi) is 4.57. The van der Waals surface area contributed by atoms with Gasteiger partial charge in [0.1, 0.15) is 12.1 Å². The molecular weight excluding hydrogens is 324 g/mol. The number of ether oxygens (including phenoxy) is 1. The molecule has 1 atom stereocenters. The molecule has 0 aliphatic carbocycles. The molecule has 9 nitrogen and oxygen atoms in total. The molecule has 25 heavy (non-hydrogen) atoms. The molecule has 0 N–H and O–H groups in total. The predicted molar refractivity (Wildman–Crippen MR) is 91.4 cm³/mol. The SMILES string of the molecule is COCc1cc(N(C)[C@@H](C)c2cccc([N+](=O)[O-])c2)n2ncnc2n1. The minimum Gasteiger partial charge on any atom is -0.378 e. The standard InChI is InChI=1S/C16H18N6O3/c1-11(12-5-4-6-14(7-12)22(23)24)20(2)15-8-13(9-25-3)19-16-17-10-18-21(15)16/h4-8,10-11H,9H2,1-3H3/t11-/m0/s1. The van der Waals surface area contributed by atoms with Crippen molar-refractivity contribution >= 4 is 17.3 Å². The number of nitro benzene ring substituents is 1. The van der Waals surface area contributed by atoms with Crippen LogP contribution in [0, 0.1) is 10.1 Å². The van der Waals surface area contributed by atoms with Crippen molar-refractivity contribution in [2.75, 3.05) is 19.1 Å². The fourth-order valence-electron chi connectivity index (χ4n) is 2.64. The first-order chi connectivity index (χ1) is 12.0.